The van der Waals surface area contributed by atoms with E-state index in [1.807, 2.05) is 6.07 Å². The van der Waals surface area contributed by atoms with E-state index in [2.05, 4.69) is 11.7 Å². The minimum absolute atomic E-state index is 0.0172. The molecule has 39 heavy (non-hydrogen) atoms. The van der Waals surface area contributed by atoms with Crippen LogP contribution in [-0.2, 0) is 19.3 Å². The van der Waals surface area contributed by atoms with Gasteiger partial charge >= 0.3 is 6.36 Å². The highest BCUT2D eigenvalue weighted by atomic mass is 19.4. The lowest BCUT2D eigenvalue weighted by Crippen LogP contribution is -2.19. The Bertz CT molecular complexity index is 1440. The van der Waals surface area contributed by atoms with Crippen LogP contribution in [0.5, 0.6) is 5.75 Å². The third kappa shape index (κ3) is 7.11. The van der Waals surface area contributed by atoms with Crippen LogP contribution in [0, 0.1) is 23.3 Å². The molecule has 0 atom stereocenters. The summed E-state index contributed by atoms with van der Waals surface area (Å²) in [4.78, 5) is 0. The van der Waals surface area contributed by atoms with Crippen molar-refractivity contribution >= 4 is 10.8 Å². The van der Waals surface area contributed by atoms with Crippen LogP contribution in [0.3, 0.4) is 0 Å². The van der Waals surface area contributed by atoms with Gasteiger partial charge in [-0.3, -0.25) is 0 Å². The lowest BCUT2D eigenvalue weighted by molar-refractivity contribution is -0.276. The van der Waals surface area contributed by atoms with E-state index in [0.29, 0.717) is 21.9 Å². The van der Waals surface area contributed by atoms with E-state index in [9.17, 15) is 26.3 Å². The fraction of sp³-hybridized carbons (Fsp3) is 0.290. The van der Waals surface area contributed by atoms with E-state index < -0.39 is 29.6 Å². The van der Waals surface area contributed by atoms with E-state index in [1.165, 1.54) is 6.07 Å². The molecule has 0 aromatic heterocycles. The maximum absolute atomic E-state index is 15.3. The molecule has 0 aliphatic heterocycles. The standard InChI is InChI=1S/C31H27F7O/c1-2-3-4-5-6-19-8-13-24(26(32)15-19)22-12-14-25-23(18-22)11-10-21(29(25)35)9-7-20-16-27(33)30(28(34)17-20)39-31(36,37)38/h8,10-18H,2-7,9H2,1H3. The number of ether oxygens (including phenoxy) is 1. The molecule has 0 spiro atoms. The average molecular weight is 549 g/mol. The molecule has 0 N–H and O–H groups in total. The zero-order chi connectivity index (χ0) is 28.2. The molecule has 0 fully saturated rings. The molecule has 4 rings (SSSR count). The van der Waals surface area contributed by atoms with E-state index in [4.69, 9.17) is 0 Å². The second-order valence-corrected chi connectivity index (χ2v) is 9.54. The minimum atomic E-state index is -5.24. The van der Waals surface area contributed by atoms with Crippen LogP contribution >= 0.6 is 0 Å². The van der Waals surface area contributed by atoms with Gasteiger partial charge in [-0.2, -0.15) is 0 Å². The smallest absolute Gasteiger partial charge is 0.399 e. The number of hydrogen-bond acceptors (Lipinski definition) is 1. The summed E-state index contributed by atoms with van der Waals surface area (Å²) in [5.41, 5.74) is 2.28. The molecule has 4 aromatic rings. The van der Waals surface area contributed by atoms with Gasteiger partial charge in [-0.05, 0) is 77.6 Å². The highest BCUT2D eigenvalue weighted by Gasteiger charge is 2.34. The first-order valence-electron chi connectivity index (χ1n) is 12.8. The highest BCUT2D eigenvalue weighted by molar-refractivity contribution is 5.88. The Morgan fingerprint density at radius 1 is 0.667 bits per heavy atom. The molecule has 4 aromatic carbocycles. The largest absolute Gasteiger partial charge is 0.573 e. The molecule has 0 aliphatic carbocycles. The first kappa shape index (κ1) is 28.5. The molecule has 206 valence electrons. The maximum atomic E-state index is 15.3. The van der Waals surface area contributed by atoms with Crippen LogP contribution in [0.1, 0.15) is 49.3 Å². The van der Waals surface area contributed by atoms with Gasteiger partial charge in [-0.1, -0.05) is 62.6 Å². The first-order valence-corrected chi connectivity index (χ1v) is 12.8. The molecule has 1 nitrogen and oxygen atoms in total. The minimum Gasteiger partial charge on any atom is -0.399 e. The normalized spacial score (nSPS) is 11.8. The molecule has 0 unspecified atom stereocenters. The van der Waals surface area contributed by atoms with Crippen LogP contribution in [-0.4, -0.2) is 6.36 Å². The van der Waals surface area contributed by atoms with Gasteiger partial charge in [-0.15, -0.1) is 13.2 Å². The Morgan fingerprint density at radius 3 is 2.05 bits per heavy atom. The van der Waals surface area contributed by atoms with E-state index in [-0.39, 0.29) is 29.8 Å². The molecular weight excluding hydrogens is 521 g/mol. The van der Waals surface area contributed by atoms with Gasteiger partial charge in [-0.25, -0.2) is 17.6 Å². The van der Waals surface area contributed by atoms with Crippen molar-refractivity contribution in [2.45, 2.75) is 58.2 Å². The molecule has 0 bridgehead atoms. The number of aryl methyl sites for hydroxylation is 3. The molecule has 0 saturated carbocycles. The fourth-order valence-corrected chi connectivity index (χ4v) is 4.65. The summed E-state index contributed by atoms with van der Waals surface area (Å²) in [5, 5.41) is 0.859. The number of alkyl halides is 3. The van der Waals surface area contributed by atoms with Crippen molar-refractivity contribution in [3.8, 4) is 16.9 Å². The van der Waals surface area contributed by atoms with Crippen LogP contribution in [0.25, 0.3) is 21.9 Å². The molecule has 0 amide bonds. The second kappa shape index (κ2) is 12.1. The summed E-state index contributed by atoms with van der Waals surface area (Å²) in [6.45, 7) is 2.14. The molecular formula is C31H27F7O. The number of fused-ring (bicyclic) bond motifs is 1. The quantitative estimate of drug-likeness (QED) is 0.142. The van der Waals surface area contributed by atoms with Crippen molar-refractivity contribution in [1.29, 1.82) is 0 Å². The van der Waals surface area contributed by atoms with Gasteiger partial charge in [0, 0.05) is 10.9 Å². The van der Waals surface area contributed by atoms with Crippen molar-refractivity contribution in [2.24, 2.45) is 0 Å². The summed E-state index contributed by atoms with van der Waals surface area (Å²) < 4.78 is 98.6. The Balaban J connectivity index is 1.49. The highest BCUT2D eigenvalue weighted by Crippen LogP contribution is 2.32. The van der Waals surface area contributed by atoms with E-state index in [1.54, 1.807) is 36.4 Å². The molecule has 0 heterocycles. The number of halogens is 7. The fourth-order valence-electron chi connectivity index (χ4n) is 4.65. The predicted octanol–water partition coefficient (Wildman–Crippen LogP) is 9.87. The Labute approximate surface area is 222 Å². The zero-order valence-corrected chi connectivity index (χ0v) is 21.3. The number of rotatable bonds is 10. The van der Waals surface area contributed by atoms with Gasteiger partial charge < -0.3 is 4.74 Å². The third-order valence-electron chi connectivity index (χ3n) is 6.66. The summed E-state index contributed by atoms with van der Waals surface area (Å²) in [7, 11) is 0. The molecule has 0 aliphatic rings. The lowest BCUT2D eigenvalue weighted by Gasteiger charge is -2.12. The van der Waals surface area contributed by atoms with Crippen LogP contribution in [0.4, 0.5) is 30.7 Å². The van der Waals surface area contributed by atoms with Crippen molar-refractivity contribution in [2.75, 3.05) is 0 Å². The van der Waals surface area contributed by atoms with Gasteiger partial charge in [0.1, 0.15) is 11.6 Å². The van der Waals surface area contributed by atoms with Gasteiger partial charge in [0.2, 0.25) is 5.75 Å². The summed E-state index contributed by atoms with van der Waals surface area (Å²) in [6, 6.07) is 14.8. The number of unbranched alkanes of at least 4 members (excludes halogenated alkanes) is 3. The van der Waals surface area contributed by atoms with Crippen molar-refractivity contribution in [1.82, 2.24) is 0 Å². The topological polar surface area (TPSA) is 9.23 Å². The predicted molar refractivity (Wildman–Crippen MR) is 138 cm³/mol. The van der Waals surface area contributed by atoms with E-state index >= 15 is 4.39 Å². The average Bonchev–Trinajstić information content (AvgIpc) is 2.88. The van der Waals surface area contributed by atoms with Gasteiger partial charge in [0.15, 0.2) is 11.6 Å². The summed E-state index contributed by atoms with van der Waals surface area (Å²) in [5.74, 6) is -5.39. The Kier molecular flexibility index (Phi) is 8.83. The zero-order valence-electron chi connectivity index (χ0n) is 21.3. The third-order valence-corrected chi connectivity index (χ3v) is 6.66. The molecule has 0 radical (unpaired) electrons. The van der Waals surface area contributed by atoms with Gasteiger partial charge in [0.25, 0.3) is 0 Å². The summed E-state index contributed by atoms with van der Waals surface area (Å²) >= 11 is 0. The maximum Gasteiger partial charge on any atom is 0.573 e. The molecule has 8 heteroatoms. The lowest BCUT2D eigenvalue weighted by atomic mass is 9.96. The van der Waals surface area contributed by atoms with Crippen LogP contribution in [0.2, 0.25) is 0 Å². The van der Waals surface area contributed by atoms with Crippen molar-refractivity contribution < 1.29 is 35.5 Å². The van der Waals surface area contributed by atoms with Crippen molar-refractivity contribution in [3.05, 3.63) is 101 Å². The number of benzene rings is 4. The van der Waals surface area contributed by atoms with Crippen molar-refractivity contribution in [3.63, 3.8) is 0 Å². The SMILES string of the molecule is CCCCCCc1ccc(-c2ccc3c(F)c(CCc4cc(F)c(OC(F)(F)F)c(F)c4)ccc3c2)c(F)c1. The second-order valence-electron chi connectivity index (χ2n) is 9.54. The van der Waals surface area contributed by atoms with Crippen LogP contribution < -0.4 is 4.74 Å². The van der Waals surface area contributed by atoms with Gasteiger partial charge in [0.05, 0.1) is 0 Å². The Hall–Kier alpha value is -3.55. The van der Waals surface area contributed by atoms with E-state index in [0.717, 1.165) is 49.8 Å². The summed E-state index contributed by atoms with van der Waals surface area (Å²) in [6.07, 6.45) is 0.0120. The Morgan fingerprint density at radius 2 is 1.38 bits per heavy atom. The monoisotopic (exact) mass is 548 g/mol. The van der Waals surface area contributed by atoms with Crippen LogP contribution in [0.15, 0.2) is 60.7 Å². The molecule has 0 saturated heterocycles. The first-order chi connectivity index (χ1) is 18.6. The number of hydrogen-bond donors (Lipinski definition) is 0.